The van der Waals surface area contributed by atoms with Crippen molar-refractivity contribution in [1.29, 1.82) is 0 Å². The van der Waals surface area contributed by atoms with Crippen molar-refractivity contribution in [3.63, 3.8) is 0 Å². The second kappa shape index (κ2) is 9.12. The fourth-order valence-corrected chi connectivity index (χ4v) is 2.40. The summed E-state index contributed by atoms with van der Waals surface area (Å²) in [5.41, 5.74) is -0.190. The Hall–Kier alpha value is -3.23. The van der Waals surface area contributed by atoms with E-state index in [1.165, 1.54) is 20.3 Å². The van der Waals surface area contributed by atoms with Gasteiger partial charge in [0.25, 0.3) is 0 Å². The van der Waals surface area contributed by atoms with Crippen LogP contribution in [0, 0.1) is 0 Å². The van der Waals surface area contributed by atoms with Crippen molar-refractivity contribution in [2.75, 3.05) is 26.1 Å². The highest BCUT2D eigenvalue weighted by Crippen LogP contribution is 2.30. The van der Waals surface area contributed by atoms with Crippen LogP contribution in [0.2, 0.25) is 0 Å². The highest BCUT2D eigenvalue weighted by atomic mass is 19.4. The molecule has 2 aromatic rings. The Labute approximate surface area is 159 Å². The van der Waals surface area contributed by atoms with E-state index in [1.54, 1.807) is 18.2 Å². The summed E-state index contributed by atoms with van der Waals surface area (Å²) in [6.45, 7) is 0.157. The van der Waals surface area contributed by atoms with Gasteiger partial charge in [0.15, 0.2) is 11.5 Å². The van der Waals surface area contributed by atoms with Crippen molar-refractivity contribution < 1.29 is 32.2 Å². The maximum Gasteiger partial charge on any atom is 0.416 e. The number of hydrogen-bond donors (Lipinski definition) is 2. The molecule has 0 saturated heterocycles. The van der Waals surface area contributed by atoms with Gasteiger partial charge >= 0.3 is 18.0 Å². The van der Waals surface area contributed by atoms with Crippen LogP contribution in [0.5, 0.6) is 11.5 Å². The average Bonchev–Trinajstić information content (AvgIpc) is 2.67. The molecule has 9 heteroatoms. The molecule has 2 rings (SSSR count). The van der Waals surface area contributed by atoms with Crippen molar-refractivity contribution in [1.82, 2.24) is 5.32 Å². The Balaban J connectivity index is 1.89. The minimum absolute atomic E-state index is 0.116. The molecular formula is C19H19F3N2O4. The van der Waals surface area contributed by atoms with Crippen molar-refractivity contribution in [3.05, 3.63) is 53.6 Å². The van der Waals surface area contributed by atoms with Crippen molar-refractivity contribution in [2.45, 2.75) is 12.6 Å². The molecule has 2 N–H and O–H groups in total. The summed E-state index contributed by atoms with van der Waals surface area (Å²) >= 11 is 0. The molecule has 0 fully saturated rings. The number of carbonyl (C=O) groups is 2. The molecule has 0 radical (unpaired) electrons. The van der Waals surface area contributed by atoms with E-state index in [0.29, 0.717) is 17.9 Å². The fourth-order valence-electron chi connectivity index (χ4n) is 2.40. The Bertz CT molecular complexity index is 853. The van der Waals surface area contributed by atoms with E-state index in [-0.39, 0.29) is 12.2 Å². The minimum atomic E-state index is -4.54. The Morgan fingerprint density at radius 1 is 0.964 bits per heavy atom. The van der Waals surface area contributed by atoms with E-state index in [9.17, 15) is 22.8 Å². The number of carbonyl (C=O) groups excluding carboxylic acids is 2. The topological polar surface area (TPSA) is 76.7 Å². The number of rotatable bonds is 6. The Kier molecular flexibility index (Phi) is 6.86. The van der Waals surface area contributed by atoms with Gasteiger partial charge in [-0.1, -0.05) is 12.1 Å². The lowest BCUT2D eigenvalue weighted by molar-refractivity contribution is -0.137. The van der Waals surface area contributed by atoms with Gasteiger partial charge < -0.3 is 20.1 Å². The summed E-state index contributed by atoms with van der Waals surface area (Å²) in [5.74, 6) is -0.895. The van der Waals surface area contributed by atoms with E-state index < -0.39 is 23.6 Å². The first-order valence-electron chi connectivity index (χ1n) is 8.22. The molecule has 0 aliphatic heterocycles. The van der Waals surface area contributed by atoms with Gasteiger partial charge in [-0.2, -0.15) is 13.2 Å². The van der Waals surface area contributed by atoms with Crippen LogP contribution in [0.4, 0.5) is 18.9 Å². The molecule has 6 nitrogen and oxygen atoms in total. The largest absolute Gasteiger partial charge is 0.493 e. The maximum atomic E-state index is 12.7. The van der Waals surface area contributed by atoms with Gasteiger partial charge in [0, 0.05) is 12.2 Å². The second-order valence-electron chi connectivity index (χ2n) is 5.73. The lowest BCUT2D eigenvalue weighted by atomic mass is 10.1. The maximum absolute atomic E-state index is 12.7. The van der Waals surface area contributed by atoms with Gasteiger partial charge in [0.2, 0.25) is 0 Å². The molecule has 0 unspecified atom stereocenters. The second-order valence-corrected chi connectivity index (χ2v) is 5.73. The highest BCUT2D eigenvalue weighted by Gasteiger charge is 2.30. The number of hydrogen-bond acceptors (Lipinski definition) is 4. The number of anilines is 1. The normalized spacial score (nSPS) is 10.9. The first kappa shape index (κ1) is 21.1. The lowest BCUT2D eigenvalue weighted by Crippen LogP contribution is -2.36. The third-order valence-electron chi connectivity index (χ3n) is 3.80. The number of halogens is 3. The zero-order valence-corrected chi connectivity index (χ0v) is 15.2. The van der Waals surface area contributed by atoms with E-state index in [2.05, 4.69) is 10.6 Å². The molecule has 0 spiro atoms. The minimum Gasteiger partial charge on any atom is -0.493 e. The first-order valence-corrected chi connectivity index (χ1v) is 8.22. The SMILES string of the molecule is COc1ccc(CCNC(=O)C(=O)Nc2cccc(C(F)(F)F)c2)cc1OC. The van der Waals surface area contributed by atoms with Gasteiger partial charge in [0.1, 0.15) is 0 Å². The van der Waals surface area contributed by atoms with Gasteiger partial charge in [-0.3, -0.25) is 9.59 Å². The van der Waals surface area contributed by atoms with Crippen molar-refractivity contribution in [3.8, 4) is 11.5 Å². The highest BCUT2D eigenvalue weighted by molar-refractivity contribution is 6.39. The molecule has 28 heavy (non-hydrogen) atoms. The van der Waals surface area contributed by atoms with E-state index in [1.807, 2.05) is 0 Å². The third kappa shape index (κ3) is 5.63. The first-order chi connectivity index (χ1) is 13.2. The number of ether oxygens (including phenoxy) is 2. The zero-order valence-electron chi connectivity index (χ0n) is 15.2. The summed E-state index contributed by atoms with van der Waals surface area (Å²) in [6.07, 6.45) is -4.12. The standard InChI is InChI=1S/C19H19F3N2O4/c1-27-15-7-6-12(10-16(15)28-2)8-9-23-17(25)18(26)24-14-5-3-4-13(11-14)19(20,21)22/h3-7,10-11H,8-9H2,1-2H3,(H,23,25)(H,24,26). The number of benzene rings is 2. The van der Waals surface area contributed by atoms with Crippen LogP contribution in [-0.4, -0.2) is 32.6 Å². The van der Waals surface area contributed by atoms with Crippen LogP contribution in [-0.2, 0) is 22.2 Å². The molecule has 0 bridgehead atoms. The molecule has 0 heterocycles. The Morgan fingerprint density at radius 3 is 2.32 bits per heavy atom. The van der Waals surface area contributed by atoms with Crippen LogP contribution in [0.1, 0.15) is 11.1 Å². The van der Waals surface area contributed by atoms with E-state index >= 15 is 0 Å². The summed E-state index contributed by atoms with van der Waals surface area (Å²) in [5, 5.41) is 4.57. The van der Waals surface area contributed by atoms with Gasteiger partial charge in [-0.05, 0) is 42.3 Å². The van der Waals surface area contributed by atoms with Gasteiger partial charge in [0.05, 0.1) is 19.8 Å². The molecule has 0 saturated carbocycles. The number of alkyl halides is 3. The molecule has 0 aliphatic rings. The monoisotopic (exact) mass is 396 g/mol. The lowest BCUT2D eigenvalue weighted by Gasteiger charge is -2.11. The summed E-state index contributed by atoms with van der Waals surface area (Å²) < 4.78 is 48.4. The summed E-state index contributed by atoms with van der Waals surface area (Å²) in [7, 11) is 3.02. The predicted octanol–water partition coefficient (Wildman–Crippen LogP) is 3.02. The molecule has 0 aromatic heterocycles. The van der Waals surface area contributed by atoms with E-state index in [4.69, 9.17) is 9.47 Å². The van der Waals surface area contributed by atoms with Crippen LogP contribution >= 0.6 is 0 Å². The fraction of sp³-hybridized carbons (Fsp3) is 0.263. The molecule has 2 aromatic carbocycles. The summed E-state index contributed by atoms with van der Waals surface area (Å²) in [4.78, 5) is 23.7. The molecular weight excluding hydrogens is 377 g/mol. The Morgan fingerprint density at radius 2 is 1.68 bits per heavy atom. The molecule has 0 aliphatic carbocycles. The van der Waals surface area contributed by atoms with Gasteiger partial charge in [-0.25, -0.2) is 0 Å². The van der Waals surface area contributed by atoms with Crippen LogP contribution in [0.3, 0.4) is 0 Å². The van der Waals surface area contributed by atoms with Crippen molar-refractivity contribution >= 4 is 17.5 Å². The third-order valence-corrected chi connectivity index (χ3v) is 3.80. The predicted molar refractivity (Wildman–Crippen MR) is 96.3 cm³/mol. The van der Waals surface area contributed by atoms with Gasteiger partial charge in [-0.15, -0.1) is 0 Å². The van der Waals surface area contributed by atoms with Crippen LogP contribution in [0.15, 0.2) is 42.5 Å². The summed E-state index contributed by atoms with van der Waals surface area (Å²) in [6, 6.07) is 9.30. The smallest absolute Gasteiger partial charge is 0.416 e. The number of nitrogens with one attached hydrogen (secondary N) is 2. The number of amides is 2. The quantitative estimate of drug-likeness (QED) is 0.736. The molecule has 0 atom stereocenters. The van der Waals surface area contributed by atoms with Crippen LogP contribution < -0.4 is 20.1 Å². The molecule has 150 valence electrons. The van der Waals surface area contributed by atoms with E-state index in [0.717, 1.165) is 23.8 Å². The molecule has 2 amide bonds. The number of methoxy groups -OCH3 is 2. The zero-order chi connectivity index (χ0) is 20.7. The van der Waals surface area contributed by atoms with Crippen LogP contribution in [0.25, 0.3) is 0 Å². The average molecular weight is 396 g/mol. The van der Waals surface area contributed by atoms with Crippen molar-refractivity contribution in [2.24, 2.45) is 0 Å².